The summed E-state index contributed by atoms with van der Waals surface area (Å²) in [5, 5.41) is 6.47. The zero-order valence-corrected chi connectivity index (χ0v) is 13.5. The van der Waals surface area contributed by atoms with E-state index in [-0.39, 0.29) is 0 Å². The molecule has 0 unspecified atom stereocenters. The van der Waals surface area contributed by atoms with Crippen LogP contribution in [0.1, 0.15) is 26.2 Å². The molecule has 0 bridgehead atoms. The third-order valence-corrected chi connectivity index (χ3v) is 3.08. The van der Waals surface area contributed by atoms with Crippen LogP contribution in [0.25, 0.3) is 0 Å². The molecule has 0 spiro atoms. The van der Waals surface area contributed by atoms with Gasteiger partial charge in [0.2, 0.25) is 0 Å². The van der Waals surface area contributed by atoms with Gasteiger partial charge < -0.3 is 24.8 Å². The predicted octanol–water partition coefficient (Wildman–Crippen LogP) is 1.02. The second-order valence-electron chi connectivity index (χ2n) is 5.16. The van der Waals surface area contributed by atoms with Crippen molar-refractivity contribution >= 4 is 5.96 Å². The minimum Gasteiger partial charge on any atom is -0.382 e. The van der Waals surface area contributed by atoms with Crippen LogP contribution < -0.4 is 10.6 Å². The van der Waals surface area contributed by atoms with Gasteiger partial charge in [0.05, 0.1) is 19.8 Å². The predicted molar refractivity (Wildman–Crippen MR) is 84.8 cm³/mol. The first kappa shape index (κ1) is 18.2. The molecule has 0 aromatic carbocycles. The van der Waals surface area contributed by atoms with E-state index >= 15 is 0 Å². The van der Waals surface area contributed by atoms with Gasteiger partial charge in [-0.2, -0.15) is 0 Å². The number of nitrogens with one attached hydrogen (secondary N) is 2. The minimum atomic E-state index is 0.629. The number of rotatable bonds is 13. The average molecular weight is 301 g/mol. The Morgan fingerprint density at radius 2 is 1.95 bits per heavy atom. The van der Waals surface area contributed by atoms with E-state index in [9.17, 15) is 0 Å². The molecule has 0 amide bonds. The first-order valence-electron chi connectivity index (χ1n) is 8.03. The van der Waals surface area contributed by atoms with Gasteiger partial charge in [-0.3, -0.25) is 4.99 Å². The number of methoxy groups -OCH3 is 1. The molecule has 0 radical (unpaired) electrons. The van der Waals surface area contributed by atoms with Crippen LogP contribution in [-0.4, -0.2) is 65.7 Å². The van der Waals surface area contributed by atoms with Gasteiger partial charge in [0.1, 0.15) is 0 Å². The van der Waals surface area contributed by atoms with Crippen molar-refractivity contribution < 1.29 is 14.2 Å². The maximum absolute atomic E-state index is 5.59. The summed E-state index contributed by atoms with van der Waals surface area (Å²) >= 11 is 0. The van der Waals surface area contributed by atoms with Crippen molar-refractivity contribution in [1.29, 1.82) is 0 Å². The lowest BCUT2D eigenvalue weighted by atomic mass is 10.4. The lowest BCUT2D eigenvalue weighted by Crippen LogP contribution is -2.39. The lowest BCUT2D eigenvalue weighted by Gasteiger charge is -2.11. The number of hydrogen-bond acceptors (Lipinski definition) is 4. The molecule has 0 aromatic heterocycles. The topological polar surface area (TPSA) is 64.1 Å². The molecule has 0 aromatic rings. The molecular formula is C15H31N3O3. The van der Waals surface area contributed by atoms with Crippen LogP contribution in [0.5, 0.6) is 0 Å². The molecule has 0 aliphatic heterocycles. The molecule has 21 heavy (non-hydrogen) atoms. The smallest absolute Gasteiger partial charge is 0.191 e. The van der Waals surface area contributed by atoms with Crippen molar-refractivity contribution in [3.8, 4) is 0 Å². The Labute approximate surface area is 128 Å². The SMILES string of the molecule is CCNC(=NCCCOCC1CC1)NCCOCCOC. The average Bonchev–Trinajstić information content (AvgIpc) is 3.30. The number of aliphatic imine (C=N–C) groups is 1. The molecule has 124 valence electrons. The molecule has 6 nitrogen and oxygen atoms in total. The Kier molecular flexibility index (Phi) is 11.1. The van der Waals surface area contributed by atoms with Gasteiger partial charge in [0.15, 0.2) is 5.96 Å². The molecule has 1 aliphatic carbocycles. The van der Waals surface area contributed by atoms with Crippen molar-refractivity contribution in [1.82, 2.24) is 10.6 Å². The second kappa shape index (κ2) is 12.9. The van der Waals surface area contributed by atoms with Crippen LogP contribution in [0.2, 0.25) is 0 Å². The van der Waals surface area contributed by atoms with Gasteiger partial charge in [-0.1, -0.05) is 0 Å². The fourth-order valence-corrected chi connectivity index (χ4v) is 1.72. The van der Waals surface area contributed by atoms with Crippen molar-refractivity contribution in [2.75, 3.05) is 59.8 Å². The van der Waals surface area contributed by atoms with Crippen LogP contribution in [0, 0.1) is 5.92 Å². The quantitative estimate of drug-likeness (QED) is 0.302. The van der Waals surface area contributed by atoms with Crippen molar-refractivity contribution in [2.45, 2.75) is 26.2 Å². The Balaban J connectivity index is 1.98. The molecule has 0 heterocycles. The van der Waals surface area contributed by atoms with E-state index in [2.05, 4.69) is 22.5 Å². The third-order valence-electron chi connectivity index (χ3n) is 3.08. The van der Waals surface area contributed by atoms with E-state index in [0.29, 0.717) is 19.8 Å². The summed E-state index contributed by atoms with van der Waals surface area (Å²) in [5.74, 6) is 1.68. The van der Waals surface area contributed by atoms with Gasteiger partial charge in [0, 0.05) is 40.0 Å². The maximum atomic E-state index is 5.59. The number of hydrogen-bond donors (Lipinski definition) is 2. The van der Waals surface area contributed by atoms with Gasteiger partial charge in [0.25, 0.3) is 0 Å². The highest BCUT2D eigenvalue weighted by molar-refractivity contribution is 5.79. The van der Waals surface area contributed by atoms with Gasteiger partial charge in [-0.05, 0) is 32.1 Å². The van der Waals surface area contributed by atoms with E-state index < -0.39 is 0 Å². The van der Waals surface area contributed by atoms with Crippen molar-refractivity contribution in [3.05, 3.63) is 0 Å². The van der Waals surface area contributed by atoms with E-state index in [1.807, 2.05) is 0 Å². The second-order valence-corrected chi connectivity index (χ2v) is 5.16. The zero-order valence-electron chi connectivity index (χ0n) is 13.5. The summed E-state index contributed by atoms with van der Waals surface area (Å²) in [5.41, 5.74) is 0. The van der Waals surface area contributed by atoms with E-state index in [1.165, 1.54) is 12.8 Å². The molecule has 6 heteroatoms. The summed E-state index contributed by atoms with van der Waals surface area (Å²) in [6.07, 6.45) is 3.66. The summed E-state index contributed by atoms with van der Waals surface area (Å²) < 4.78 is 15.9. The fraction of sp³-hybridized carbons (Fsp3) is 0.933. The third kappa shape index (κ3) is 11.5. The molecule has 0 saturated heterocycles. The monoisotopic (exact) mass is 301 g/mol. The first-order valence-corrected chi connectivity index (χ1v) is 8.03. The standard InChI is InChI=1S/C15H31N3O3/c1-3-16-15(18-8-10-20-12-11-19-2)17-7-4-9-21-13-14-5-6-14/h14H,3-13H2,1-2H3,(H2,16,17,18). The summed E-state index contributed by atoms with van der Waals surface area (Å²) in [6, 6.07) is 0. The van der Waals surface area contributed by atoms with E-state index in [0.717, 1.165) is 51.1 Å². The molecule has 1 fully saturated rings. The van der Waals surface area contributed by atoms with Crippen LogP contribution in [-0.2, 0) is 14.2 Å². The molecular weight excluding hydrogens is 270 g/mol. The largest absolute Gasteiger partial charge is 0.382 e. The number of nitrogens with zero attached hydrogens (tertiary/aromatic N) is 1. The highest BCUT2D eigenvalue weighted by Gasteiger charge is 2.20. The van der Waals surface area contributed by atoms with Crippen LogP contribution in [0.4, 0.5) is 0 Å². The van der Waals surface area contributed by atoms with E-state index in [4.69, 9.17) is 14.2 Å². The molecule has 1 rings (SSSR count). The van der Waals surface area contributed by atoms with Gasteiger partial charge in [-0.15, -0.1) is 0 Å². The lowest BCUT2D eigenvalue weighted by molar-refractivity contribution is 0.0733. The maximum Gasteiger partial charge on any atom is 0.191 e. The highest BCUT2D eigenvalue weighted by atomic mass is 16.5. The van der Waals surface area contributed by atoms with Crippen molar-refractivity contribution in [3.63, 3.8) is 0 Å². The van der Waals surface area contributed by atoms with Crippen LogP contribution >= 0.6 is 0 Å². The number of ether oxygens (including phenoxy) is 3. The van der Waals surface area contributed by atoms with Gasteiger partial charge >= 0.3 is 0 Å². The Hall–Kier alpha value is -0.850. The van der Waals surface area contributed by atoms with Crippen molar-refractivity contribution in [2.24, 2.45) is 10.9 Å². The Morgan fingerprint density at radius 1 is 1.10 bits per heavy atom. The fourth-order valence-electron chi connectivity index (χ4n) is 1.72. The number of guanidine groups is 1. The zero-order chi connectivity index (χ0) is 15.2. The normalized spacial score (nSPS) is 15.2. The molecule has 1 aliphatic rings. The highest BCUT2D eigenvalue weighted by Crippen LogP contribution is 2.28. The molecule has 0 atom stereocenters. The Morgan fingerprint density at radius 3 is 2.67 bits per heavy atom. The van der Waals surface area contributed by atoms with Gasteiger partial charge in [-0.25, -0.2) is 0 Å². The molecule has 1 saturated carbocycles. The summed E-state index contributed by atoms with van der Waals surface area (Å²) in [7, 11) is 1.67. The van der Waals surface area contributed by atoms with Crippen LogP contribution in [0.3, 0.4) is 0 Å². The molecule has 2 N–H and O–H groups in total. The van der Waals surface area contributed by atoms with E-state index in [1.54, 1.807) is 7.11 Å². The Bertz CT molecular complexity index is 271. The summed E-state index contributed by atoms with van der Waals surface area (Å²) in [6.45, 7) is 8.09. The van der Waals surface area contributed by atoms with Crippen LogP contribution in [0.15, 0.2) is 4.99 Å². The minimum absolute atomic E-state index is 0.629. The first-order chi connectivity index (χ1) is 10.4. The summed E-state index contributed by atoms with van der Waals surface area (Å²) in [4.78, 5) is 4.51.